The zero-order chi connectivity index (χ0) is 13.2. The molecule has 1 aliphatic carbocycles. The third kappa shape index (κ3) is 2.42. The summed E-state index contributed by atoms with van der Waals surface area (Å²) in [6.45, 7) is 0. The molecule has 0 heterocycles. The maximum absolute atomic E-state index is 13.2. The van der Waals surface area contributed by atoms with Gasteiger partial charge in [0.15, 0.2) is 0 Å². The van der Waals surface area contributed by atoms with Crippen LogP contribution in [0.1, 0.15) is 12.0 Å². The van der Waals surface area contributed by atoms with Crippen LogP contribution in [0.4, 0.5) is 13.2 Å². The monoisotopic (exact) mass is 254 g/mol. The number of hydrogen-bond donors (Lipinski definition) is 1. The standard InChI is InChI=1S/C14H13F3O/c15-14(16,17)13(8-6-12(18)7-9-13)10-11-4-2-1-3-5-11/h1-8,18H,9-10H2. The lowest BCUT2D eigenvalue weighted by Gasteiger charge is -2.34. The van der Waals surface area contributed by atoms with Gasteiger partial charge in [0.05, 0.1) is 5.41 Å². The molecule has 1 aliphatic rings. The van der Waals surface area contributed by atoms with Crippen molar-refractivity contribution in [3.63, 3.8) is 0 Å². The summed E-state index contributed by atoms with van der Waals surface area (Å²) in [7, 11) is 0. The molecule has 2 rings (SSSR count). The highest BCUT2D eigenvalue weighted by atomic mass is 19.4. The minimum absolute atomic E-state index is 0.108. The van der Waals surface area contributed by atoms with Crippen molar-refractivity contribution in [2.75, 3.05) is 0 Å². The van der Waals surface area contributed by atoms with E-state index in [0.29, 0.717) is 5.56 Å². The highest BCUT2D eigenvalue weighted by Crippen LogP contribution is 2.47. The maximum atomic E-state index is 13.2. The largest absolute Gasteiger partial charge is 0.508 e. The molecule has 1 nitrogen and oxygen atoms in total. The van der Waals surface area contributed by atoms with E-state index >= 15 is 0 Å². The van der Waals surface area contributed by atoms with Crippen molar-refractivity contribution in [1.82, 2.24) is 0 Å². The number of hydrogen-bond acceptors (Lipinski definition) is 1. The first-order valence-corrected chi connectivity index (χ1v) is 5.62. The molecule has 0 amide bonds. The number of allylic oxidation sites excluding steroid dienone is 3. The van der Waals surface area contributed by atoms with E-state index in [1.807, 2.05) is 0 Å². The first-order chi connectivity index (χ1) is 8.43. The summed E-state index contributed by atoms with van der Waals surface area (Å²) in [6, 6.07) is 8.57. The summed E-state index contributed by atoms with van der Waals surface area (Å²) in [5, 5.41) is 9.18. The Morgan fingerprint density at radius 2 is 1.83 bits per heavy atom. The second-order valence-corrected chi connectivity index (χ2v) is 4.48. The topological polar surface area (TPSA) is 20.2 Å². The number of rotatable bonds is 2. The van der Waals surface area contributed by atoms with Gasteiger partial charge in [-0.2, -0.15) is 13.2 Å². The predicted octanol–water partition coefficient (Wildman–Crippen LogP) is 4.18. The molecule has 0 spiro atoms. The van der Waals surface area contributed by atoms with E-state index in [9.17, 15) is 18.3 Å². The Balaban J connectivity index is 2.31. The minimum Gasteiger partial charge on any atom is -0.508 e. The maximum Gasteiger partial charge on any atom is 0.398 e. The van der Waals surface area contributed by atoms with Crippen LogP contribution in [0.15, 0.2) is 54.3 Å². The molecule has 1 N–H and O–H groups in total. The van der Waals surface area contributed by atoms with E-state index in [1.165, 1.54) is 6.08 Å². The van der Waals surface area contributed by atoms with Gasteiger partial charge in [-0.3, -0.25) is 0 Å². The molecule has 1 aromatic rings. The summed E-state index contributed by atoms with van der Waals surface area (Å²) < 4.78 is 39.7. The lowest BCUT2D eigenvalue weighted by atomic mass is 9.75. The molecule has 1 atom stereocenters. The van der Waals surface area contributed by atoms with Crippen LogP contribution in [0.25, 0.3) is 0 Å². The fraction of sp³-hybridized carbons (Fsp3) is 0.286. The summed E-state index contributed by atoms with van der Waals surface area (Å²) in [4.78, 5) is 0. The second-order valence-electron chi connectivity index (χ2n) is 4.48. The molecular formula is C14H13F3O. The van der Waals surface area contributed by atoms with Crippen LogP contribution in [-0.2, 0) is 6.42 Å². The summed E-state index contributed by atoms with van der Waals surface area (Å²) >= 11 is 0. The molecule has 0 aliphatic heterocycles. The molecule has 96 valence electrons. The molecule has 18 heavy (non-hydrogen) atoms. The number of aliphatic hydroxyl groups excluding tert-OH is 1. The van der Waals surface area contributed by atoms with Crippen LogP contribution in [0.5, 0.6) is 0 Å². The van der Waals surface area contributed by atoms with Gasteiger partial charge in [-0.1, -0.05) is 36.4 Å². The Kier molecular flexibility index (Phi) is 3.20. The summed E-state index contributed by atoms with van der Waals surface area (Å²) in [6.07, 6.45) is -1.27. The van der Waals surface area contributed by atoms with Gasteiger partial charge in [-0.15, -0.1) is 0 Å². The van der Waals surface area contributed by atoms with Crippen molar-refractivity contribution in [2.45, 2.75) is 19.0 Å². The van der Waals surface area contributed by atoms with Gasteiger partial charge in [-0.05, 0) is 30.6 Å². The number of aliphatic hydroxyl groups is 1. The highest BCUT2D eigenvalue weighted by Gasteiger charge is 2.52. The van der Waals surface area contributed by atoms with Crippen LogP contribution < -0.4 is 0 Å². The Morgan fingerprint density at radius 1 is 1.17 bits per heavy atom. The zero-order valence-corrected chi connectivity index (χ0v) is 9.61. The fourth-order valence-corrected chi connectivity index (χ4v) is 2.07. The van der Waals surface area contributed by atoms with Gasteiger partial charge in [-0.25, -0.2) is 0 Å². The number of halogens is 3. The molecule has 0 aromatic heterocycles. The SMILES string of the molecule is OC1=CCC(Cc2ccccc2)(C(F)(F)F)C=C1. The number of benzene rings is 1. The van der Waals surface area contributed by atoms with E-state index in [4.69, 9.17) is 0 Å². The van der Waals surface area contributed by atoms with Crippen molar-refractivity contribution in [3.05, 3.63) is 59.9 Å². The lowest BCUT2D eigenvalue weighted by Crippen LogP contribution is -2.39. The van der Waals surface area contributed by atoms with Gasteiger partial charge in [0.1, 0.15) is 5.76 Å². The van der Waals surface area contributed by atoms with Crippen LogP contribution in [0, 0.1) is 5.41 Å². The summed E-state index contributed by atoms with van der Waals surface area (Å²) in [5.74, 6) is -0.108. The predicted molar refractivity (Wildman–Crippen MR) is 63.1 cm³/mol. The van der Waals surface area contributed by atoms with Crippen LogP contribution in [0.3, 0.4) is 0 Å². The number of alkyl halides is 3. The second kappa shape index (κ2) is 4.52. The van der Waals surface area contributed by atoms with Gasteiger partial charge in [0.2, 0.25) is 0 Å². The lowest BCUT2D eigenvalue weighted by molar-refractivity contribution is -0.205. The highest BCUT2D eigenvalue weighted by molar-refractivity contribution is 5.27. The average molecular weight is 254 g/mol. The first kappa shape index (κ1) is 12.7. The molecular weight excluding hydrogens is 241 g/mol. The van der Waals surface area contributed by atoms with Crippen molar-refractivity contribution in [2.24, 2.45) is 5.41 Å². The Bertz CT molecular complexity index is 474. The van der Waals surface area contributed by atoms with E-state index in [1.54, 1.807) is 30.3 Å². The first-order valence-electron chi connectivity index (χ1n) is 5.62. The smallest absolute Gasteiger partial charge is 0.398 e. The third-order valence-corrected chi connectivity index (χ3v) is 3.18. The average Bonchev–Trinajstić information content (AvgIpc) is 2.32. The molecule has 4 heteroatoms. The fourth-order valence-electron chi connectivity index (χ4n) is 2.07. The third-order valence-electron chi connectivity index (χ3n) is 3.18. The molecule has 1 aromatic carbocycles. The van der Waals surface area contributed by atoms with Gasteiger partial charge in [0.25, 0.3) is 0 Å². The Morgan fingerprint density at radius 3 is 2.33 bits per heavy atom. The van der Waals surface area contributed by atoms with Crippen molar-refractivity contribution in [3.8, 4) is 0 Å². The van der Waals surface area contributed by atoms with Crippen LogP contribution in [-0.4, -0.2) is 11.3 Å². The van der Waals surface area contributed by atoms with Crippen molar-refractivity contribution in [1.29, 1.82) is 0 Å². The van der Waals surface area contributed by atoms with E-state index in [0.717, 1.165) is 12.2 Å². The van der Waals surface area contributed by atoms with E-state index < -0.39 is 11.6 Å². The minimum atomic E-state index is -4.34. The molecule has 0 fully saturated rings. The van der Waals surface area contributed by atoms with Crippen LogP contribution >= 0.6 is 0 Å². The quantitative estimate of drug-likeness (QED) is 0.839. The molecule has 0 saturated carbocycles. The molecule has 1 unspecified atom stereocenters. The van der Waals surface area contributed by atoms with Crippen LogP contribution in [0.2, 0.25) is 0 Å². The normalized spacial score (nSPS) is 23.8. The van der Waals surface area contributed by atoms with Crippen molar-refractivity contribution >= 4 is 0 Å². The Labute approximate surface area is 103 Å². The van der Waals surface area contributed by atoms with E-state index in [2.05, 4.69) is 0 Å². The van der Waals surface area contributed by atoms with Crippen molar-refractivity contribution < 1.29 is 18.3 Å². The van der Waals surface area contributed by atoms with E-state index in [-0.39, 0.29) is 18.6 Å². The van der Waals surface area contributed by atoms with Gasteiger partial charge in [0, 0.05) is 0 Å². The molecule has 0 bridgehead atoms. The Hall–Kier alpha value is -1.71. The zero-order valence-electron chi connectivity index (χ0n) is 9.61. The van der Waals surface area contributed by atoms with Gasteiger partial charge >= 0.3 is 6.18 Å². The molecule has 0 saturated heterocycles. The summed E-state index contributed by atoms with van der Waals surface area (Å²) in [5.41, 5.74) is -1.28. The molecule has 0 radical (unpaired) electrons. The van der Waals surface area contributed by atoms with Gasteiger partial charge < -0.3 is 5.11 Å².